The molecule has 0 aliphatic heterocycles. The number of likely N-dealkylation sites (N-methyl/N-ethyl adjacent to an activating group) is 1. The third-order valence-electron chi connectivity index (χ3n) is 6.16. The van der Waals surface area contributed by atoms with Gasteiger partial charge in [-0.1, -0.05) is 121 Å². The number of hydrogen-bond acceptors (Lipinski definition) is 3. The van der Waals surface area contributed by atoms with Crippen LogP contribution in [0, 0.1) is 0 Å². The second-order valence-corrected chi connectivity index (χ2v) is 11.5. The highest BCUT2D eigenvalue weighted by Crippen LogP contribution is 2.43. The van der Waals surface area contributed by atoms with Gasteiger partial charge in [0.25, 0.3) is 0 Å². The molecule has 0 heterocycles. The predicted octanol–water partition coefficient (Wildman–Crippen LogP) is 7.88. The van der Waals surface area contributed by atoms with Gasteiger partial charge in [0.1, 0.15) is 19.7 Å². The fraction of sp³-hybridized carbons (Fsp3) is 0.778. The van der Waals surface area contributed by atoms with Crippen molar-refractivity contribution in [2.24, 2.45) is 0 Å². The van der Waals surface area contributed by atoms with Crippen molar-refractivity contribution in [3.63, 3.8) is 0 Å². The minimum atomic E-state index is -3.96. The molecule has 5 nitrogen and oxygen atoms in total. The van der Waals surface area contributed by atoms with Crippen molar-refractivity contribution in [1.82, 2.24) is 0 Å². The summed E-state index contributed by atoms with van der Waals surface area (Å²) >= 11 is 0. The van der Waals surface area contributed by atoms with Gasteiger partial charge in [0, 0.05) is 5.56 Å². The van der Waals surface area contributed by atoms with E-state index in [0.29, 0.717) is 11.0 Å². The van der Waals surface area contributed by atoms with Crippen LogP contribution in [0.4, 0.5) is 0 Å². The third kappa shape index (κ3) is 18.3. The maximum atomic E-state index is 12.1. The van der Waals surface area contributed by atoms with Gasteiger partial charge in [-0.05, 0) is 6.42 Å². The van der Waals surface area contributed by atoms with Crippen LogP contribution in [0.1, 0.15) is 102 Å². The molecule has 1 aromatic carbocycles. The van der Waals surface area contributed by atoms with Crippen molar-refractivity contribution < 1.29 is 23.0 Å². The van der Waals surface area contributed by atoms with E-state index < -0.39 is 7.82 Å². The Hall–Kier alpha value is -0.710. The van der Waals surface area contributed by atoms with Crippen molar-refractivity contribution in [2.45, 2.75) is 103 Å². The van der Waals surface area contributed by atoms with E-state index in [0.717, 1.165) is 19.4 Å². The van der Waals surface area contributed by atoms with Crippen LogP contribution in [0.3, 0.4) is 0 Å². The molecule has 192 valence electrons. The molecule has 0 saturated carbocycles. The summed E-state index contributed by atoms with van der Waals surface area (Å²) in [5.41, 5.74) is 1.24. The van der Waals surface area contributed by atoms with E-state index in [9.17, 15) is 9.46 Å². The second-order valence-electron chi connectivity index (χ2n) is 10.0. The Morgan fingerprint density at radius 3 is 1.70 bits per heavy atom. The number of unbranched alkanes of at least 4 members (excludes halogenated alkanes) is 13. The summed E-state index contributed by atoms with van der Waals surface area (Å²) in [7, 11) is 0.225. The van der Waals surface area contributed by atoms with E-state index in [2.05, 4.69) is 33.2 Å². The molecule has 6 heteroatoms. The average Bonchev–Trinajstić information content (AvgIpc) is 2.76. The van der Waals surface area contributed by atoms with Gasteiger partial charge in [0.2, 0.25) is 0 Å². The molecule has 0 aliphatic carbocycles. The monoisotopic (exact) mass is 484 g/mol. The lowest BCUT2D eigenvalue weighted by molar-refractivity contribution is -0.903. The van der Waals surface area contributed by atoms with Crippen LogP contribution in [-0.2, 0) is 20.2 Å². The average molecular weight is 485 g/mol. The van der Waals surface area contributed by atoms with E-state index >= 15 is 0 Å². The predicted molar refractivity (Wildman–Crippen MR) is 139 cm³/mol. The van der Waals surface area contributed by atoms with E-state index in [4.69, 9.17) is 9.05 Å². The lowest BCUT2D eigenvalue weighted by atomic mass is 10.0. The summed E-state index contributed by atoms with van der Waals surface area (Å²) in [6.07, 6.45) is 18.0. The highest BCUT2D eigenvalue weighted by molar-refractivity contribution is 7.47. The first-order valence-electron chi connectivity index (χ1n) is 13.3. The molecule has 1 atom stereocenters. The number of rotatable bonds is 22. The molecule has 1 aromatic rings. The lowest BCUT2D eigenvalue weighted by Gasteiger charge is -2.30. The first-order chi connectivity index (χ1) is 15.8. The largest absolute Gasteiger partial charge is 0.472 e. The normalized spacial score (nSPS) is 13.8. The molecule has 0 amide bonds. The van der Waals surface area contributed by atoms with Crippen LogP contribution in [0.25, 0.3) is 0 Å². The van der Waals surface area contributed by atoms with Gasteiger partial charge >= 0.3 is 7.82 Å². The Bertz CT molecular complexity index is 624. The smallest absolute Gasteiger partial charge is 0.323 e. The zero-order valence-electron chi connectivity index (χ0n) is 21.7. The van der Waals surface area contributed by atoms with Crippen LogP contribution in [0.5, 0.6) is 0 Å². The quantitative estimate of drug-likeness (QED) is 0.103. The fourth-order valence-corrected chi connectivity index (χ4v) is 4.82. The molecule has 0 spiro atoms. The number of phosphoric acid groups is 1. The van der Waals surface area contributed by atoms with Gasteiger partial charge in [0.05, 0.1) is 20.7 Å². The van der Waals surface area contributed by atoms with E-state index in [-0.39, 0.29) is 13.2 Å². The molecule has 0 aliphatic rings. The fourth-order valence-electron chi connectivity index (χ4n) is 4.07. The standard InChI is InChI=1S/C27H50NO4P/c1-4-5-6-7-8-9-10-11-12-13-14-15-16-20-24-31-33(29,30)32-25-23-28(2,3)26-27-21-18-17-19-22-27/h17-19,21-22H,4-16,20,23-26H2,1-3H3/p+1. The SMILES string of the molecule is CCCCCCCCCCCCCCCCOP(=O)(O)OCC[N+](C)(C)Cc1ccccc1. The van der Waals surface area contributed by atoms with Gasteiger partial charge in [-0.2, -0.15) is 0 Å². The molecular formula is C27H51NO4P+. The minimum Gasteiger partial charge on any atom is -0.323 e. The summed E-state index contributed by atoms with van der Waals surface area (Å²) in [5, 5.41) is 0. The summed E-state index contributed by atoms with van der Waals surface area (Å²) in [6.45, 7) is 4.24. The highest BCUT2D eigenvalue weighted by Gasteiger charge is 2.23. The van der Waals surface area contributed by atoms with E-state index in [1.54, 1.807) is 0 Å². The van der Waals surface area contributed by atoms with Crippen molar-refractivity contribution in [2.75, 3.05) is 33.9 Å². The van der Waals surface area contributed by atoms with Gasteiger partial charge in [-0.15, -0.1) is 0 Å². The van der Waals surface area contributed by atoms with Crippen LogP contribution in [0.2, 0.25) is 0 Å². The maximum absolute atomic E-state index is 12.1. The maximum Gasteiger partial charge on any atom is 0.472 e. The number of nitrogens with zero attached hydrogens (tertiary/aromatic N) is 1. The molecule has 0 saturated heterocycles. The van der Waals surface area contributed by atoms with Gasteiger partial charge in [-0.25, -0.2) is 4.57 Å². The molecule has 0 radical (unpaired) electrons. The Balaban J connectivity index is 1.95. The zero-order valence-corrected chi connectivity index (χ0v) is 22.6. The Kier molecular flexibility index (Phi) is 17.1. The van der Waals surface area contributed by atoms with Crippen molar-refractivity contribution >= 4 is 7.82 Å². The summed E-state index contributed by atoms with van der Waals surface area (Å²) in [5.74, 6) is 0. The van der Waals surface area contributed by atoms with Gasteiger partial charge < -0.3 is 9.38 Å². The Morgan fingerprint density at radius 2 is 1.18 bits per heavy atom. The highest BCUT2D eigenvalue weighted by atomic mass is 31.2. The van der Waals surface area contributed by atoms with Crippen LogP contribution < -0.4 is 0 Å². The number of benzene rings is 1. The molecule has 33 heavy (non-hydrogen) atoms. The zero-order chi connectivity index (χ0) is 24.3. The topological polar surface area (TPSA) is 55.8 Å². The van der Waals surface area contributed by atoms with Crippen molar-refractivity contribution in [3.8, 4) is 0 Å². The summed E-state index contributed by atoms with van der Waals surface area (Å²) in [6, 6.07) is 10.2. The Morgan fingerprint density at radius 1 is 0.727 bits per heavy atom. The number of quaternary nitrogens is 1. The first-order valence-corrected chi connectivity index (χ1v) is 14.8. The molecule has 0 bridgehead atoms. The summed E-state index contributed by atoms with van der Waals surface area (Å²) in [4.78, 5) is 9.91. The van der Waals surface area contributed by atoms with Gasteiger partial charge in [-0.3, -0.25) is 9.05 Å². The molecular weight excluding hydrogens is 433 g/mol. The van der Waals surface area contributed by atoms with Crippen LogP contribution in [0.15, 0.2) is 30.3 Å². The lowest BCUT2D eigenvalue weighted by Crippen LogP contribution is -2.41. The van der Waals surface area contributed by atoms with E-state index in [1.165, 1.54) is 82.6 Å². The van der Waals surface area contributed by atoms with Crippen LogP contribution >= 0.6 is 7.82 Å². The number of hydrogen-bond donors (Lipinski definition) is 1. The summed E-state index contributed by atoms with van der Waals surface area (Å²) < 4.78 is 23.1. The second kappa shape index (κ2) is 18.6. The van der Waals surface area contributed by atoms with Gasteiger partial charge in [0.15, 0.2) is 0 Å². The Labute approximate surface area is 204 Å². The van der Waals surface area contributed by atoms with Crippen molar-refractivity contribution in [1.29, 1.82) is 0 Å². The van der Waals surface area contributed by atoms with Crippen LogP contribution in [-0.4, -0.2) is 43.2 Å². The first kappa shape index (κ1) is 30.3. The molecule has 0 fully saturated rings. The third-order valence-corrected chi connectivity index (χ3v) is 7.17. The molecule has 0 aromatic heterocycles. The number of phosphoric ester groups is 1. The molecule has 1 unspecified atom stereocenters. The molecule has 1 N–H and O–H groups in total. The van der Waals surface area contributed by atoms with Crippen molar-refractivity contribution in [3.05, 3.63) is 35.9 Å². The molecule has 1 rings (SSSR count). The minimum absolute atomic E-state index is 0.201. The van der Waals surface area contributed by atoms with E-state index in [1.807, 2.05) is 18.2 Å².